The molecule has 20 heavy (non-hydrogen) atoms. The highest BCUT2D eigenvalue weighted by Crippen LogP contribution is 2.32. The van der Waals surface area contributed by atoms with Gasteiger partial charge in [0.15, 0.2) is 0 Å². The van der Waals surface area contributed by atoms with E-state index >= 15 is 0 Å². The number of hydrogen-bond donors (Lipinski definition) is 1. The van der Waals surface area contributed by atoms with E-state index in [9.17, 15) is 0 Å². The third kappa shape index (κ3) is 3.02. The Kier molecular flexibility index (Phi) is 4.80. The summed E-state index contributed by atoms with van der Waals surface area (Å²) in [5.74, 6) is 0. The van der Waals surface area contributed by atoms with E-state index in [1.165, 1.54) is 22.5 Å². The molecule has 0 radical (unpaired) electrons. The van der Waals surface area contributed by atoms with E-state index in [4.69, 9.17) is 5.73 Å². The topological polar surface area (TPSA) is 29.3 Å². The lowest BCUT2D eigenvalue weighted by Crippen LogP contribution is -2.20. The maximum absolute atomic E-state index is 6.26. The predicted molar refractivity (Wildman–Crippen MR) is 87.5 cm³/mol. The molecule has 0 saturated carbocycles. The van der Waals surface area contributed by atoms with Gasteiger partial charge in [0.25, 0.3) is 0 Å². The van der Waals surface area contributed by atoms with E-state index in [0.717, 1.165) is 13.0 Å². The second kappa shape index (κ2) is 6.58. The monoisotopic (exact) mass is 268 g/mol. The Labute approximate surface area is 122 Å². The minimum Gasteiger partial charge on any atom is -0.341 e. The lowest BCUT2D eigenvalue weighted by atomic mass is 10.0. The zero-order valence-electron chi connectivity index (χ0n) is 12.6. The summed E-state index contributed by atoms with van der Waals surface area (Å²) in [4.78, 5) is 2.32. The summed E-state index contributed by atoms with van der Waals surface area (Å²) in [5.41, 5.74) is 11.2. The van der Waals surface area contributed by atoms with E-state index in [2.05, 4.69) is 74.2 Å². The number of anilines is 2. The average Bonchev–Trinajstić information content (AvgIpc) is 2.49. The smallest absolute Gasteiger partial charge is 0.0459 e. The molecule has 0 saturated heterocycles. The van der Waals surface area contributed by atoms with E-state index in [1.54, 1.807) is 0 Å². The molecule has 2 nitrogen and oxygen atoms in total. The molecular weight excluding hydrogens is 244 g/mol. The summed E-state index contributed by atoms with van der Waals surface area (Å²) < 4.78 is 0. The molecule has 0 aliphatic rings. The van der Waals surface area contributed by atoms with E-state index in [-0.39, 0.29) is 6.04 Å². The van der Waals surface area contributed by atoms with Crippen LogP contribution >= 0.6 is 0 Å². The molecule has 106 valence electrons. The zero-order chi connectivity index (χ0) is 14.5. The van der Waals surface area contributed by atoms with Crippen molar-refractivity contribution in [2.75, 3.05) is 11.4 Å². The normalized spacial score (nSPS) is 12.2. The Hall–Kier alpha value is -1.80. The van der Waals surface area contributed by atoms with Crippen LogP contribution in [0.4, 0.5) is 11.4 Å². The van der Waals surface area contributed by atoms with Gasteiger partial charge in [-0.1, -0.05) is 42.8 Å². The fourth-order valence-corrected chi connectivity index (χ4v) is 2.48. The van der Waals surface area contributed by atoms with Crippen molar-refractivity contribution in [1.29, 1.82) is 0 Å². The second-order valence-corrected chi connectivity index (χ2v) is 5.15. The maximum Gasteiger partial charge on any atom is 0.0459 e. The highest BCUT2D eigenvalue weighted by Gasteiger charge is 2.14. The van der Waals surface area contributed by atoms with Crippen molar-refractivity contribution in [2.45, 2.75) is 33.2 Å². The molecule has 0 aliphatic carbocycles. The number of rotatable bonds is 5. The van der Waals surface area contributed by atoms with Crippen LogP contribution in [0, 0.1) is 6.92 Å². The molecule has 2 rings (SSSR count). The molecule has 0 bridgehead atoms. The maximum atomic E-state index is 6.26. The van der Waals surface area contributed by atoms with Gasteiger partial charge in [0, 0.05) is 24.0 Å². The molecule has 2 aromatic rings. The predicted octanol–water partition coefficient (Wildman–Crippen LogP) is 4.56. The van der Waals surface area contributed by atoms with Crippen molar-refractivity contribution in [1.82, 2.24) is 0 Å². The van der Waals surface area contributed by atoms with Gasteiger partial charge in [-0.25, -0.2) is 0 Å². The van der Waals surface area contributed by atoms with Crippen LogP contribution in [-0.4, -0.2) is 6.54 Å². The Morgan fingerprint density at radius 3 is 2.25 bits per heavy atom. The van der Waals surface area contributed by atoms with Gasteiger partial charge in [0.05, 0.1) is 0 Å². The molecule has 1 unspecified atom stereocenters. The van der Waals surface area contributed by atoms with Gasteiger partial charge in [0.2, 0.25) is 0 Å². The molecule has 2 heteroatoms. The number of para-hydroxylation sites is 1. The second-order valence-electron chi connectivity index (χ2n) is 5.15. The first-order valence-electron chi connectivity index (χ1n) is 7.36. The first kappa shape index (κ1) is 14.6. The summed E-state index contributed by atoms with van der Waals surface area (Å²) in [6, 6.07) is 17.2. The molecular formula is C18H24N2. The number of aryl methyl sites for hydroxylation is 1. The van der Waals surface area contributed by atoms with Crippen molar-refractivity contribution < 1.29 is 0 Å². The Bertz CT molecular complexity index is 546. The Balaban J connectivity index is 2.44. The van der Waals surface area contributed by atoms with Crippen molar-refractivity contribution in [3.8, 4) is 0 Å². The van der Waals surface area contributed by atoms with Crippen LogP contribution < -0.4 is 10.6 Å². The van der Waals surface area contributed by atoms with E-state index in [0.29, 0.717) is 0 Å². The van der Waals surface area contributed by atoms with Gasteiger partial charge in [-0.2, -0.15) is 0 Å². The number of nitrogens with two attached hydrogens (primary N) is 1. The van der Waals surface area contributed by atoms with Crippen molar-refractivity contribution in [3.63, 3.8) is 0 Å². The molecule has 0 aromatic heterocycles. The van der Waals surface area contributed by atoms with Crippen LogP contribution in [0.2, 0.25) is 0 Å². The SMILES string of the molecule is CCC(N)c1ccccc1N(CC)c1ccc(C)cc1. The largest absolute Gasteiger partial charge is 0.341 e. The van der Waals surface area contributed by atoms with Crippen LogP contribution in [0.5, 0.6) is 0 Å². The van der Waals surface area contributed by atoms with Crippen LogP contribution in [0.3, 0.4) is 0 Å². The molecule has 0 spiro atoms. The minimum absolute atomic E-state index is 0.0886. The lowest BCUT2D eigenvalue weighted by molar-refractivity contribution is 0.697. The standard InChI is InChI=1S/C18H24N2/c1-4-17(19)16-8-6-7-9-18(16)20(5-2)15-12-10-14(3)11-13-15/h6-13,17H,4-5,19H2,1-3H3. The third-order valence-electron chi connectivity index (χ3n) is 3.73. The lowest BCUT2D eigenvalue weighted by Gasteiger charge is -2.27. The minimum atomic E-state index is 0.0886. The summed E-state index contributed by atoms with van der Waals surface area (Å²) in [7, 11) is 0. The van der Waals surface area contributed by atoms with Gasteiger partial charge in [0.1, 0.15) is 0 Å². The van der Waals surface area contributed by atoms with Crippen LogP contribution in [0.1, 0.15) is 37.4 Å². The van der Waals surface area contributed by atoms with E-state index < -0.39 is 0 Å². The summed E-state index contributed by atoms with van der Waals surface area (Å²) in [6.07, 6.45) is 0.947. The molecule has 1 atom stereocenters. The summed E-state index contributed by atoms with van der Waals surface area (Å²) in [6.45, 7) is 7.34. The highest BCUT2D eigenvalue weighted by atomic mass is 15.1. The molecule has 0 heterocycles. The van der Waals surface area contributed by atoms with Gasteiger partial charge >= 0.3 is 0 Å². The van der Waals surface area contributed by atoms with Gasteiger partial charge in [-0.15, -0.1) is 0 Å². The van der Waals surface area contributed by atoms with Crippen molar-refractivity contribution in [2.24, 2.45) is 5.73 Å². The van der Waals surface area contributed by atoms with Crippen LogP contribution in [-0.2, 0) is 0 Å². The van der Waals surface area contributed by atoms with E-state index in [1.807, 2.05) is 0 Å². The Morgan fingerprint density at radius 2 is 1.65 bits per heavy atom. The highest BCUT2D eigenvalue weighted by molar-refractivity contribution is 5.67. The summed E-state index contributed by atoms with van der Waals surface area (Å²) >= 11 is 0. The average molecular weight is 268 g/mol. The fraction of sp³-hybridized carbons (Fsp3) is 0.333. The van der Waals surface area contributed by atoms with Crippen LogP contribution in [0.15, 0.2) is 48.5 Å². The zero-order valence-corrected chi connectivity index (χ0v) is 12.6. The molecule has 0 amide bonds. The van der Waals surface area contributed by atoms with Gasteiger partial charge in [-0.05, 0) is 44.0 Å². The molecule has 2 N–H and O–H groups in total. The van der Waals surface area contributed by atoms with Gasteiger partial charge < -0.3 is 10.6 Å². The number of benzene rings is 2. The molecule has 2 aromatic carbocycles. The van der Waals surface area contributed by atoms with Crippen LogP contribution in [0.25, 0.3) is 0 Å². The quantitative estimate of drug-likeness (QED) is 0.861. The first-order chi connectivity index (χ1) is 9.67. The number of nitrogens with zero attached hydrogens (tertiary/aromatic N) is 1. The fourth-order valence-electron chi connectivity index (χ4n) is 2.48. The van der Waals surface area contributed by atoms with Gasteiger partial charge in [-0.3, -0.25) is 0 Å². The first-order valence-corrected chi connectivity index (χ1v) is 7.36. The molecule has 0 fully saturated rings. The third-order valence-corrected chi connectivity index (χ3v) is 3.73. The number of hydrogen-bond acceptors (Lipinski definition) is 2. The molecule has 0 aliphatic heterocycles. The van der Waals surface area contributed by atoms with Crippen molar-refractivity contribution in [3.05, 3.63) is 59.7 Å². The Morgan fingerprint density at radius 1 is 1.00 bits per heavy atom. The van der Waals surface area contributed by atoms with Crippen molar-refractivity contribution >= 4 is 11.4 Å². The summed E-state index contributed by atoms with van der Waals surface area (Å²) in [5, 5.41) is 0.